The number of halogens is 3. The number of pyridine rings is 1. The Bertz CT molecular complexity index is 1090. The summed E-state index contributed by atoms with van der Waals surface area (Å²) in [5, 5.41) is 32.4. The maximum absolute atomic E-state index is 12.9. The monoisotopic (exact) mass is 418 g/mol. The minimum absolute atomic E-state index is 0.0267. The van der Waals surface area contributed by atoms with Crippen LogP contribution in [0.4, 0.5) is 19.0 Å². The van der Waals surface area contributed by atoms with Crippen LogP contribution in [0.25, 0.3) is 22.2 Å². The number of aliphatic hydroxyl groups is 1. The second-order valence-electron chi connectivity index (χ2n) is 7.64. The second-order valence-corrected chi connectivity index (χ2v) is 7.64. The van der Waals surface area contributed by atoms with Crippen LogP contribution in [0.3, 0.4) is 0 Å². The lowest BCUT2D eigenvalue weighted by atomic mass is 9.93. The zero-order valence-electron chi connectivity index (χ0n) is 16.2. The molecule has 158 valence electrons. The average Bonchev–Trinajstić information content (AvgIpc) is 2.68. The number of aliphatic hydroxyl groups excluding tert-OH is 1. The lowest BCUT2D eigenvalue weighted by Gasteiger charge is -2.27. The highest BCUT2D eigenvalue weighted by molar-refractivity contribution is 5.98. The van der Waals surface area contributed by atoms with Crippen LogP contribution in [0, 0.1) is 6.92 Å². The Balaban J connectivity index is 1.78. The van der Waals surface area contributed by atoms with Crippen LogP contribution in [-0.2, 0) is 6.18 Å². The highest BCUT2D eigenvalue weighted by Crippen LogP contribution is 2.38. The van der Waals surface area contributed by atoms with Crippen LogP contribution < -0.4 is 5.32 Å². The fourth-order valence-electron chi connectivity index (χ4n) is 3.82. The summed E-state index contributed by atoms with van der Waals surface area (Å²) in [6.45, 7) is 1.82. The fourth-order valence-corrected chi connectivity index (χ4v) is 3.82. The van der Waals surface area contributed by atoms with Crippen molar-refractivity contribution in [3.63, 3.8) is 0 Å². The van der Waals surface area contributed by atoms with Crippen LogP contribution in [0.2, 0.25) is 0 Å². The van der Waals surface area contributed by atoms with Crippen molar-refractivity contribution in [1.82, 2.24) is 15.2 Å². The van der Waals surface area contributed by atoms with Gasteiger partial charge in [-0.15, -0.1) is 10.2 Å². The van der Waals surface area contributed by atoms with Gasteiger partial charge in [0.05, 0.1) is 11.7 Å². The quantitative estimate of drug-likeness (QED) is 0.583. The van der Waals surface area contributed by atoms with Crippen molar-refractivity contribution in [2.45, 2.75) is 50.9 Å². The van der Waals surface area contributed by atoms with E-state index in [1.807, 2.05) is 6.92 Å². The van der Waals surface area contributed by atoms with E-state index in [1.165, 1.54) is 6.07 Å². The number of aromatic nitrogens is 3. The van der Waals surface area contributed by atoms with Crippen LogP contribution in [0.1, 0.15) is 36.9 Å². The molecular weight excluding hydrogens is 397 g/mol. The van der Waals surface area contributed by atoms with Gasteiger partial charge in [-0.05, 0) is 62.9 Å². The zero-order valence-corrected chi connectivity index (χ0v) is 16.2. The topological polar surface area (TPSA) is 91.2 Å². The molecule has 1 aliphatic carbocycles. The van der Waals surface area contributed by atoms with Gasteiger partial charge in [-0.1, -0.05) is 0 Å². The SMILES string of the molecule is Cc1ccc2c(-c3ccc(C(F)(F)F)cc3O)nnc(N[C@@H]3CCC[C@H](O)C3)c2n1. The predicted molar refractivity (Wildman–Crippen MR) is 106 cm³/mol. The second kappa shape index (κ2) is 7.71. The third-order valence-corrected chi connectivity index (χ3v) is 5.33. The van der Waals surface area contributed by atoms with Gasteiger partial charge in [-0.3, -0.25) is 0 Å². The van der Waals surface area contributed by atoms with Crippen molar-refractivity contribution in [3.8, 4) is 17.0 Å². The van der Waals surface area contributed by atoms with Crippen LogP contribution in [0.15, 0.2) is 30.3 Å². The highest BCUT2D eigenvalue weighted by Gasteiger charge is 2.31. The molecule has 3 aromatic rings. The smallest absolute Gasteiger partial charge is 0.416 e. The van der Waals surface area contributed by atoms with Gasteiger partial charge in [-0.2, -0.15) is 13.2 Å². The fraction of sp³-hybridized carbons (Fsp3) is 0.381. The Hall–Kier alpha value is -2.94. The molecule has 30 heavy (non-hydrogen) atoms. The van der Waals surface area contributed by atoms with E-state index >= 15 is 0 Å². The molecule has 0 amide bonds. The number of alkyl halides is 3. The van der Waals surface area contributed by atoms with Crippen molar-refractivity contribution in [2.75, 3.05) is 5.32 Å². The third kappa shape index (κ3) is 4.02. The van der Waals surface area contributed by atoms with E-state index in [0.717, 1.165) is 31.0 Å². The summed E-state index contributed by atoms with van der Waals surface area (Å²) in [5.74, 6) is -0.0833. The molecule has 0 saturated heterocycles. The molecule has 2 atom stereocenters. The minimum atomic E-state index is -4.55. The summed E-state index contributed by atoms with van der Waals surface area (Å²) >= 11 is 0. The number of phenolic OH excluding ortho intramolecular Hbond substituents is 1. The van der Waals surface area contributed by atoms with Crippen LogP contribution >= 0.6 is 0 Å². The first kappa shape index (κ1) is 20.3. The van der Waals surface area contributed by atoms with Gasteiger partial charge < -0.3 is 15.5 Å². The number of nitrogens with one attached hydrogen (secondary N) is 1. The van der Waals surface area contributed by atoms with E-state index in [1.54, 1.807) is 12.1 Å². The first-order valence-corrected chi connectivity index (χ1v) is 9.71. The maximum Gasteiger partial charge on any atom is 0.416 e. The molecule has 1 aliphatic rings. The molecule has 0 radical (unpaired) electrons. The molecule has 0 unspecified atom stereocenters. The van der Waals surface area contributed by atoms with E-state index in [0.29, 0.717) is 29.2 Å². The summed E-state index contributed by atoms with van der Waals surface area (Å²) in [5.41, 5.74) is 0.706. The molecule has 2 aromatic heterocycles. The van der Waals surface area contributed by atoms with Gasteiger partial charge >= 0.3 is 6.18 Å². The zero-order chi connectivity index (χ0) is 21.5. The average molecular weight is 418 g/mol. The summed E-state index contributed by atoms with van der Waals surface area (Å²) in [7, 11) is 0. The van der Waals surface area contributed by atoms with Crippen LogP contribution in [-0.4, -0.2) is 37.5 Å². The molecule has 2 heterocycles. The number of aryl methyl sites for hydroxylation is 1. The van der Waals surface area contributed by atoms with Gasteiger partial charge in [0, 0.05) is 22.7 Å². The summed E-state index contributed by atoms with van der Waals surface area (Å²) in [6.07, 6.45) is -1.78. The number of benzene rings is 1. The number of hydrogen-bond donors (Lipinski definition) is 3. The van der Waals surface area contributed by atoms with Gasteiger partial charge in [-0.25, -0.2) is 4.98 Å². The molecule has 0 aliphatic heterocycles. The molecule has 3 N–H and O–H groups in total. The normalized spacial score (nSPS) is 19.8. The summed E-state index contributed by atoms with van der Waals surface area (Å²) in [4.78, 5) is 4.54. The first-order valence-electron chi connectivity index (χ1n) is 9.71. The molecule has 1 fully saturated rings. The van der Waals surface area contributed by atoms with Crippen molar-refractivity contribution < 1.29 is 23.4 Å². The van der Waals surface area contributed by atoms with Crippen molar-refractivity contribution >= 4 is 16.7 Å². The largest absolute Gasteiger partial charge is 0.507 e. The van der Waals surface area contributed by atoms with E-state index in [2.05, 4.69) is 20.5 Å². The molecular formula is C21H21F3N4O2. The Labute approximate surface area is 170 Å². The lowest BCUT2D eigenvalue weighted by molar-refractivity contribution is -0.137. The number of hydrogen-bond acceptors (Lipinski definition) is 6. The molecule has 6 nitrogen and oxygen atoms in total. The van der Waals surface area contributed by atoms with E-state index in [4.69, 9.17) is 0 Å². The lowest BCUT2D eigenvalue weighted by Crippen LogP contribution is -2.30. The molecule has 0 bridgehead atoms. The van der Waals surface area contributed by atoms with E-state index in [9.17, 15) is 23.4 Å². The highest BCUT2D eigenvalue weighted by atomic mass is 19.4. The molecule has 1 saturated carbocycles. The molecule has 1 aromatic carbocycles. The minimum Gasteiger partial charge on any atom is -0.507 e. The molecule has 4 rings (SSSR count). The number of phenols is 1. The third-order valence-electron chi connectivity index (χ3n) is 5.33. The molecule has 9 heteroatoms. The number of aromatic hydroxyl groups is 1. The van der Waals surface area contributed by atoms with Crippen molar-refractivity contribution in [1.29, 1.82) is 0 Å². The number of nitrogens with zero attached hydrogens (tertiary/aromatic N) is 3. The first-order chi connectivity index (χ1) is 14.2. The van der Waals surface area contributed by atoms with Gasteiger partial charge in [0.15, 0.2) is 5.82 Å². The van der Waals surface area contributed by atoms with Gasteiger partial charge in [0.2, 0.25) is 0 Å². The van der Waals surface area contributed by atoms with Gasteiger partial charge in [0.1, 0.15) is 17.0 Å². The van der Waals surface area contributed by atoms with E-state index in [-0.39, 0.29) is 23.4 Å². The maximum atomic E-state index is 12.9. The van der Waals surface area contributed by atoms with E-state index < -0.39 is 17.5 Å². The number of anilines is 1. The predicted octanol–water partition coefficient (Wildman–Crippen LogP) is 4.44. The summed E-state index contributed by atoms with van der Waals surface area (Å²) in [6, 6.07) is 6.33. The van der Waals surface area contributed by atoms with Gasteiger partial charge in [0.25, 0.3) is 0 Å². The Morgan fingerprint density at radius 1 is 1.10 bits per heavy atom. The Morgan fingerprint density at radius 2 is 1.90 bits per heavy atom. The standard InChI is InChI=1S/C21H21F3N4O2/c1-11-5-7-16-18(15-8-6-12(9-17(15)30)21(22,23)24)27-28-20(19(16)25-11)26-13-3-2-4-14(29)10-13/h5-9,13-14,29-30H,2-4,10H2,1H3,(H,26,28)/t13-,14+/m1/s1. The van der Waals surface area contributed by atoms with Crippen molar-refractivity contribution in [2.24, 2.45) is 0 Å². The molecule has 0 spiro atoms. The van der Waals surface area contributed by atoms with Crippen LogP contribution in [0.5, 0.6) is 5.75 Å². The Kier molecular flexibility index (Phi) is 5.23. The number of fused-ring (bicyclic) bond motifs is 1. The summed E-state index contributed by atoms with van der Waals surface area (Å²) < 4.78 is 38.8. The Morgan fingerprint density at radius 3 is 2.60 bits per heavy atom. The number of rotatable bonds is 3. The van der Waals surface area contributed by atoms with Crippen molar-refractivity contribution in [3.05, 3.63) is 41.6 Å².